The summed E-state index contributed by atoms with van der Waals surface area (Å²) in [6, 6.07) is -0.139. The quantitative estimate of drug-likeness (QED) is 0.613. The van der Waals surface area contributed by atoms with E-state index < -0.39 is 0 Å². The third kappa shape index (κ3) is 5.04. The van der Waals surface area contributed by atoms with E-state index in [0.29, 0.717) is 0 Å². The summed E-state index contributed by atoms with van der Waals surface area (Å²) in [5, 5.41) is 16.0. The Labute approximate surface area is 104 Å². The zero-order valence-electron chi connectivity index (χ0n) is 11.0. The van der Waals surface area contributed by atoms with Crippen molar-refractivity contribution < 1.29 is 9.90 Å². The number of hydrogen-bond donors (Lipinski definition) is 3. The molecule has 0 aromatic rings. The molecule has 0 aliphatic heterocycles. The monoisotopic (exact) mass is 242 g/mol. The van der Waals surface area contributed by atoms with Gasteiger partial charge >= 0.3 is 0 Å². The molecule has 0 bridgehead atoms. The van der Waals surface area contributed by atoms with Gasteiger partial charge in [-0.25, -0.2) is 0 Å². The number of carbonyl (C=O) groups is 1. The van der Waals surface area contributed by atoms with Gasteiger partial charge in [-0.1, -0.05) is 26.2 Å². The van der Waals surface area contributed by atoms with Crippen LogP contribution in [0.4, 0.5) is 0 Å². The van der Waals surface area contributed by atoms with E-state index in [1.807, 2.05) is 6.92 Å². The smallest absolute Gasteiger partial charge is 0.236 e. The molecule has 0 heterocycles. The minimum atomic E-state index is -0.297. The van der Waals surface area contributed by atoms with Crippen LogP contribution in [0.3, 0.4) is 0 Å². The van der Waals surface area contributed by atoms with E-state index in [1.165, 1.54) is 0 Å². The minimum Gasteiger partial charge on any atom is -0.392 e. The van der Waals surface area contributed by atoms with Crippen LogP contribution in [0.15, 0.2) is 0 Å². The normalized spacial score (nSPS) is 26.5. The summed E-state index contributed by atoms with van der Waals surface area (Å²) in [4.78, 5) is 11.7. The van der Waals surface area contributed by atoms with Crippen LogP contribution in [-0.2, 0) is 4.79 Å². The fourth-order valence-corrected chi connectivity index (χ4v) is 2.24. The predicted molar refractivity (Wildman–Crippen MR) is 68.8 cm³/mol. The zero-order valence-corrected chi connectivity index (χ0v) is 11.0. The second-order valence-electron chi connectivity index (χ2n) is 4.99. The van der Waals surface area contributed by atoms with Crippen molar-refractivity contribution in [1.82, 2.24) is 10.6 Å². The maximum atomic E-state index is 11.7. The van der Waals surface area contributed by atoms with Crippen molar-refractivity contribution in [3.05, 3.63) is 0 Å². The molecular formula is C13H26N2O2. The highest BCUT2D eigenvalue weighted by Gasteiger charge is 2.25. The molecule has 4 heteroatoms. The van der Waals surface area contributed by atoms with E-state index in [9.17, 15) is 9.90 Å². The van der Waals surface area contributed by atoms with Gasteiger partial charge < -0.3 is 15.7 Å². The van der Waals surface area contributed by atoms with Crippen molar-refractivity contribution in [1.29, 1.82) is 0 Å². The SMILES string of the molecule is CCCCNC(=O)C(C)NC1CCCCC1O. The van der Waals surface area contributed by atoms with Gasteiger partial charge in [-0.05, 0) is 26.2 Å². The first-order chi connectivity index (χ1) is 8.15. The van der Waals surface area contributed by atoms with E-state index in [4.69, 9.17) is 0 Å². The molecule has 0 radical (unpaired) electrons. The van der Waals surface area contributed by atoms with Gasteiger partial charge in [0.2, 0.25) is 5.91 Å². The summed E-state index contributed by atoms with van der Waals surface area (Å²) in [7, 11) is 0. The Morgan fingerprint density at radius 3 is 2.76 bits per heavy atom. The largest absolute Gasteiger partial charge is 0.392 e. The van der Waals surface area contributed by atoms with E-state index in [-0.39, 0.29) is 24.1 Å². The number of unbranched alkanes of at least 4 members (excludes halogenated alkanes) is 1. The molecule has 4 nitrogen and oxygen atoms in total. The van der Waals surface area contributed by atoms with Crippen molar-refractivity contribution in [3.63, 3.8) is 0 Å². The highest BCUT2D eigenvalue weighted by molar-refractivity contribution is 5.81. The van der Waals surface area contributed by atoms with Crippen molar-refractivity contribution >= 4 is 5.91 Å². The zero-order chi connectivity index (χ0) is 12.7. The van der Waals surface area contributed by atoms with E-state index in [2.05, 4.69) is 17.6 Å². The van der Waals surface area contributed by atoms with E-state index in [1.54, 1.807) is 0 Å². The highest BCUT2D eigenvalue weighted by atomic mass is 16.3. The number of nitrogens with one attached hydrogen (secondary N) is 2. The van der Waals surface area contributed by atoms with Crippen LogP contribution >= 0.6 is 0 Å². The summed E-state index contributed by atoms with van der Waals surface area (Å²) in [5.74, 6) is 0.0382. The summed E-state index contributed by atoms with van der Waals surface area (Å²) >= 11 is 0. The lowest BCUT2D eigenvalue weighted by molar-refractivity contribution is -0.123. The van der Waals surface area contributed by atoms with Crippen molar-refractivity contribution in [2.45, 2.75) is 70.6 Å². The molecule has 1 aliphatic carbocycles. The molecule has 0 saturated heterocycles. The second-order valence-corrected chi connectivity index (χ2v) is 4.99. The molecule has 1 saturated carbocycles. The van der Waals surface area contributed by atoms with Crippen molar-refractivity contribution in [2.24, 2.45) is 0 Å². The molecule has 1 rings (SSSR count). The van der Waals surface area contributed by atoms with Crippen LogP contribution in [-0.4, -0.2) is 35.7 Å². The summed E-state index contributed by atoms with van der Waals surface area (Å²) < 4.78 is 0. The first kappa shape index (κ1) is 14.5. The fourth-order valence-electron chi connectivity index (χ4n) is 2.24. The lowest BCUT2D eigenvalue weighted by Crippen LogP contribution is -2.51. The van der Waals surface area contributed by atoms with Gasteiger partial charge in [0.1, 0.15) is 0 Å². The number of amides is 1. The van der Waals surface area contributed by atoms with Crippen molar-refractivity contribution in [2.75, 3.05) is 6.54 Å². The predicted octanol–water partition coefficient (Wildman–Crippen LogP) is 1.18. The Bertz CT molecular complexity index is 233. The van der Waals surface area contributed by atoms with Crippen LogP contribution in [0.1, 0.15) is 52.4 Å². The average molecular weight is 242 g/mol. The Kier molecular flexibility index (Phi) is 6.52. The maximum Gasteiger partial charge on any atom is 0.236 e. The van der Waals surface area contributed by atoms with Crippen LogP contribution in [0.5, 0.6) is 0 Å². The first-order valence-corrected chi connectivity index (χ1v) is 6.87. The molecular weight excluding hydrogens is 216 g/mol. The molecule has 1 fully saturated rings. The molecule has 0 spiro atoms. The van der Waals surface area contributed by atoms with Crippen LogP contribution in [0, 0.1) is 0 Å². The highest BCUT2D eigenvalue weighted by Crippen LogP contribution is 2.18. The lowest BCUT2D eigenvalue weighted by Gasteiger charge is -2.30. The molecule has 1 amide bonds. The van der Waals surface area contributed by atoms with Crippen molar-refractivity contribution in [3.8, 4) is 0 Å². The minimum absolute atomic E-state index is 0.0382. The maximum absolute atomic E-state index is 11.7. The molecule has 3 atom stereocenters. The molecule has 3 unspecified atom stereocenters. The molecule has 100 valence electrons. The Hall–Kier alpha value is -0.610. The number of rotatable bonds is 6. The van der Waals surface area contributed by atoms with Crippen LogP contribution in [0.2, 0.25) is 0 Å². The number of hydrogen-bond acceptors (Lipinski definition) is 3. The topological polar surface area (TPSA) is 61.4 Å². The summed E-state index contributed by atoms with van der Waals surface area (Å²) in [6.45, 7) is 4.71. The first-order valence-electron chi connectivity index (χ1n) is 6.87. The van der Waals surface area contributed by atoms with Gasteiger partial charge in [0.25, 0.3) is 0 Å². The Morgan fingerprint density at radius 1 is 1.41 bits per heavy atom. The molecule has 17 heavy (non-hydrogen) atoms. The molecule has 0 aromatic heterocycles. The number of aliphatic hydroxyl groups is 1. The van der Waals surface area contributed by atoms with Gasteiger partial charge in [0.05, 0.1) is 12.1 Å². The molecule has 3 N–H and O–H groups in total. The third-order valence-corrected chi connectivity index (χ3v) is 3.42. The van der Waals surface area contributed by atoms with Gasteiger partial charge in [0, 0.05) is 12.6 Å². The molecule has 0 aromatic carbocycles. The van der Waals surface area contributed by atoms with Gasteiger partial charge in [-0.3, -0.25) is 4.79 Å². The van der Waals surface area contributed by atoms with E-state index >= 15 is 0 Å². The van der Waals surface area contributed by atoms with E-state index in [0.717, 1.165) is 45.1 Å². The number of aliphatic hydroxyl groups excluding tert-OH is 1. The fraction of sp³-hybridized carbons (Fsp3) is 0.923. The standard InChI is InChI=1S/C13H26N2O2/c1-3-4-9-14-13(17)10(2)15-11-7-5-6-8-12(11)16/h10-12,15-16H,3-9H2,1-2H3,(H,14,17). The van der Waals surface area contributed by atoms with Gasteiger partial charge in [0.15, 0.2) is 0 Å². The summed E-state index contributed by atoms with van der Waals surface area (Å²) in [5.41, 5.74) is 0. The third-order valence-electron chi connectivity index (χ3n) is 3.42. The lowest BCUT2D eigenvalue weighted by atomic mass is 9.92. The Balaban J connectivity index is 2.26. The second kappa shape index (κ2) is 7.67. The van der Waals surface area contributed by atoms with Gasteiger partial charge in [-0.2, -0.15) is 0 Å². The average Bonchev–Trinajstić information content (AvgIpc) is 2.32. The van der Waals surface area contributed by atoms with Crippen LogP contribution in [0.25, 0.3) is 0 Å². The van der Waals surface area contributed by atoms with Gasteiger partial charge in [-0.15, -0.1) is 0 Å². The summed E-state index contributed by atoms with van der Waals surface area (Å²) in [6.07, 6.45) is 5.86. The molecule has 1 aliphatic rings. The Morgan fingerprint density at radius 2 is 2.12 bits per heavy atom. The number of carbonyl (C=O) groups excluding carboxylic acids is 1. The van der Waals surface area contributed by atoms with Crippen LogP contribution < -0.4 is 10.6 Å².